The number of aryl methyl sites for hydroxylation is 1. The maximum absolute atomic E-state index is 11.4. The molecule has 2 rings (SSSR count). The fraction of sp³-hybridized carbons (Fsp3) is 0.316. The Labute approximate surface area is 154 Å². The van der Waals surface area contributed by atoms with Gasteiger partial charge in [-0.1, -0.05) is 61.9 Å². The molecular weight excluding hydrogens is 354 g/mol. The number of nitrogens with two attached hydrogens (primary N) is 1. The van der Waals surface area contributed by atoms with E-state index in [2.05, 4.69) is 0 Å². The van der Waals surface area contributed by atoms with Crippen molar-refractivity contribution in [3.05, 3.63) is 65.7 Å². The lowest BCUT2D eigenvalue weighted by atomic mass is 10.1. The summed E-state index contributed by atoms with van der Waals surface area (Å²) in [5, 5.41) is 0. The first-order valence-corrected chi connectivity index (χ1v) is 9.55. The molecule has 0 heterocycles. The number of benzene rings is 2. The van der Waals surface area contributed by atoms with Gasteiger partial charge in [-0.05, 0) is 30.5 Å². The van der Waals surface area contributed by atoms with Crippen LogP contribution >= 0.6 is 0 Å². The highest BCUT2D eigenvalue weighted by molar-refractivity contribution is 7.85. The molecule has 0 bridgehead atoms. The molecule has 0 fully saturated rings. The summed E-state index contributed by atoms with van der Waals surface area (Å²) in [5.41, 5.74) is 7.58. The summed E-state index contributed by atoms with van der Waals surface area (Å²) in [7, 11) is -4.02. The first kappa shape index (κ1) is 21.8. The third kappa shape index (κ3) is 7.77. The van der Waals surface area contributed by atoms with Gasteiger partial charge in [-0.15, -0.1) is 0 Å². The number of rotatable bonds is 5. The quantitative estimate of drug-likeness (QED) is 0.611. The smallest absolute Gasteiger partial charge is 0.323 e. The van der Waals surface area contributed by atoms with E-state index in [0.717, 1.165) is 11.1 Å². The Balaban J connectivity index is 0.000000273. The van der Waals surface area contributed by atoms with Crippen LogP contribution in [0.4, 0.5) is 0 Å². The minimum atomic E-state index is -4.02. The van der Waals surface area contributed by atoms with Gasteiger partial charge in [-0.2, -0.15) is 8.42 Å². The van der Waals surface area contributed by atoms with Crippen LogP contribution in [0.1, 0.15) is 25.0 Å². The van der Waals surface area contributed by atoms with Crippen LogP contribution in [0.25, 0.3) is 0 Å². The normalized spacial score (nSPS) is 12.1. The summed E-state index contributed by atoms with van der Waals surface area (Å²) in [6.45, 7) is 5.93. The molecule has 0 aliphatic carbocycles. The lowest BCUT2D eigenvalue weighted by Crippen LogP contribution is -2.36. The van der Waals surface area contributed by atoms with Crippen LogP contribution in [0.15, 0.2) is 59.5 Å². The zero-order chi connectivity index (χ0) is 19.7. The molecule has 0 aliphatic heterocycles. The number of hydrogen-bond donors (Lipinski definition) is 2. The minimum Gasteiger partial charge on any atom is -0.460 e. The van der Waals surface area contributed by atoms with Gasteiger partial charge in [-0.3, -0.25) is 9.35 Å². The summed E-state index contributed by atoms with van der Waals surface area (Å²) in [6, 6.07) is 15.0. The zero-order valence-corrected chi connectivity index (χ0v) is 15.9. The van der Waals surface area contributed by atoms with Crippen LogP contribution in [-0.4, -0.2) is 25.0 Å². The Kier molecular flexibility index (Phi) is 8.44. The Morgan fingerprint density at radius 2 is 1.62 bits per heavy atom. The summed E-state index contributed by atoms with van der Waals surface area (Å²) < 4.78 is 34.6. The van der Waals surface area contributed by atoms with Crippen molar-refractivity contribution in [1.82, 2.24) is 0 Å². The van der Waals surface area contributed by atoms with E-state index in [1.165, 1.54) is 12.1 Å². The fourth-order valence-electron chi connectivity index (χ4n) is 1.81. The highest BCUT2D eigenvalue weighted by Gasteiger charge is 2.18. The topological polar surface area (TPSA) is 107 Å². The van der Waals surface area contributed by atoms with Crippen LogP contribution < -0.4 is 5.73 Å². The Bertz CT molecular complexity index is 786. The molecule has 0 radical (unpaired) electrons. The zero-order valence-electron chi connectivity index (χ0n) is 15.1. The van der Waals surface area contributed by atoms with E-state index in [0.29, 0.717) is 6.61 Å². The Hall–Kier alpha value is -2.22. The molecule has 0 aromatic heterocycles. The van der Waals surface area contributed by atoms with Crippen molar-refractivity contribution >= 4 is 16.1 Å². The number of carbonyl (C=O) groups is 1. The average molecular weight is 379 g/mol. The molecule has 6 nitrogen and oxygen atoms in total. The third-order valence-electron chi connectivity index (χ3n) is 3.53. The molecule has 0 saturated heterocycles. The van der Waals surface area contributed by atoms with Crippen molar-refractivity contribution in [2.24, 2.45) is 11.7 Å². The number of carbonyl (C=O) groups excluding carboxylic acids is 1. The van der Waals surface area contributed by atoms with Gasteiger partial charge >= 0.3 is 5.97 Å². The molecule has 3 N–H and O–H groups in total. The van der Waals surface area contributed by atoms with Gasteiger partial charge in [0.25, 0.3) is 10.1 Å². The van der Waals surface area contributed by atoms with Gasteiger partial charge in [0.1, 0.15) is 12.6 Å². The van der Waals surface area contributed by atoms with E-state index >= 15 is 0 Å². The number of ether oxygens (including phenoxy) is 1. The molecular formula is C19H25NO5S. The van der Waals surface area contributed by atoms with Crippen molar-refractivity contribution in [1.29, 1.82) is 0 Å². The second-order valence-corrected chi connectivity index (χ2v) is 7.57. The molecule has 142 valence electrons. The highest BCUT2D eigenvalue weighted by atomic mass is 32.2. The predicted molar refractivity (Wildman–Crippen MR) is 100 cm³/mol. The monoisotopic (exact) mass is 379 g/mol. The largest absolute Gasteiger partial charge is 0.460 e. The van der Waals surface area contributed by atoms with E-state index in [1.807, 2.05) is 51.1 Å². The predicted octanol–water partition coefficient (Wildman–Crippen LogP) is 2.95. The van der Waals surface area contributed by atoms with Gasteiger partial charge in [-0.25, -0.2) is 0 Å². The molecule has 7 heteroatoms. The summed E-state index contributed by atoms with van der Waals surface area (Å²) in [5.74, 6) is -0.234. The standard InChI is InChI=1S/C12H17NO2.C7H8O3S/c1-9(2)11(13)12(14)15-8-10-6-4-3-5-7-10;1-6-2-4-7(5-3-6)11(8,9)10/h3-7,9,11H,8,13H2,1-2H3;2-5H,1H3,(H,8,9,10). The van der Waals surface area contributed by atoms with Gasteiger partial charge < -0.3 is 10.5 Å². The lowest BCUT2D eigenvalue weighted by Gasteiger charge is -2.14. The molecule has 0 spiro atoms. The van der Waals surface area contributed by atoms with Crippen LogP contribution in [0.3, 0.4) is 0 Å². The second kappa shape index (κ2) is 10.1. The number of hydrogen-bond acceptors (Lipinski definition) is 5. The molecule has 1 atom stereocenters. The van der Waals surface area contributed by atoms with Crippen LogP contribution in [0, 0.1) is 12.8 Å². The van der Waals surface area contributed by atoms with Crippen LogP contribution in [-0.2, 0) is 26.3 Å². The first-order chi connectivity index (χ1) is 12.1. The molecule has 2 aromatic rings. The maximum atomic E-state index is 11.4. The summed E-state index contributed by atoms with van der Waals surface area (Å²) >= 11 is 0. The second-order valence-electron chi connectivity index (χ2n) is 6.15. The van der Waals surface area contributed by atoms with Crippen molar-refractivity contribution in [2.75, 3.05) is 0 Å². The van der Waals surface area contributed by atoms with Gasteiger partial charge in [0, 0.05) is 0 Å². The lowest BCUT2D eigenvalue weighted by molar-refractivity contribution is -0.147. The Morgan fingerprint density at radius 3 is 2.08 bits per heavy atom. The van der Waals surface area contributed by atoms with E-state index in [9.17, 15) is 13.2 Å². The van der Waals surface area contributed by atoms with Gasteiger partial charge in [0.2, 0.25) is 0 Å². The minimum absolute atomic E-state index is 0.0666. The van der Waals surface area contributed by atoms with E-state index in [-0.39, 0.29) is 16.8 Å². The summed E-state index contributed by atoms with van der Waals surface area (Å²) in [4.78, 5) is 11.3. The van der Waals surface area contributed by atoms with Crippen molar-refractivity contribution in [2.45, 2.75) is 38.3 Å². The fourth-order valence-corrected chi connectivity index (χ4v) is 2.29. The van der Waals surface area contributed by atoms with Gasteiger partial charge in [0.05, 0.1) is 4.90 Å². The first-order valence-electron chi connectivity index (χ1n) is 8.11. The molecule has 26 heavy (non-hydrogen) atoms. The molecule has 0 amide bonds. The van der Waals surface area contributed by atoms with Crippen molar-refractivity contribution in [3.63, 3.8) is 0 Å². The Morgan fingerprint density at radius 1 is 1.08 bits per heavy atom. The average Bonchev–Trinajstić information content (AvgIpc) is 2.60. The third-order valence-corrected chi connectivity index (χ3v) is 4.40. The maximum Gasteiger partial charge on any atom is 0.323 e. The van der Waals surface area contributed by atoms with Gasteiger partial charge in [0.15, 0.2) is 0 Å². The molecule has 0 aliphatic rings. The molecule has 1 unspecified atom stereocenters. The van der Waals surface area contributed by atoms with Crippen LogP contribution in [0.5, 0.6) is 0 Å². The SMILES string of the molecule is CC(C)C(N)C(=O)OCc1ccccc1.Cc1ccc(S(=O)(=O)O)cc1. The van der Waals surface area contributed by atoms with Crippen LogP contribution in [0.2, 0.25) is 0 Å². The summed E-state index contributed by atoms with van der Waals surface area (Å²) in [6.07, 6.45) is 0. The van der Waals surface area contributed by atoms with Crippen molar-refractivity contribution < 1.29 is 22.5 Å². The highest BCUT2D eigenvalue weighted by Crippen LogP contribution is 2.08. The molecule has 0 saturated carbocycles. The molecule has 2 aromatic carbocycles. The van der Waals surface area contributed by atoms with Crippen molar-refractivity contribution in [3.8, 4) is 0 Å². The number of esters is 1. The van der Waals surface area contributed by atoms with E-state index in [1.54, 1.807) is 12.1 Å². The van der Waals surface area contributed by atoms with E-state index < -0.39 is 16.2 Å². The van der Waals surface area contributed by atoms with E-state index in [4.69, 9.17) is 15.0 Å².